The number of aromatic amines is 1. The van der Waals surface area contributed by atoms with Crippen LogP contribution in [-0.2, 0) is 18.7 Å². The van der Waals surface area contributed by atoms with E-state index < -0.39 is 54.8 Å². The van der Waals surface area contributed by atoms with Gasteiger partial charge in [0.05, 0.1) is 39.2 Å². The van der Waals surface area contributed by atoms with Gasteiger partial charge in [-0.25, -0.2) is 18.4 Å². The Morgan fingerprint density at radius 2 is 1.68 bits per heavy atom. The number of hydrogen-bond donors (Lipinski definition) is 2. The zero-order valence-corrected chi connectivity index (χ0v) is 18.7. The molecule has 0 spiro atoms. The Kier molecular flexibility index (Phi) is 7.91. The molecule has 0 amide bonds. The van der Waals surface area contributed by atoms with Crippen molar-refractivity contribution in [1.29, 1.82) is 0 Å². The maximum absolute atomic E-state index is 14.1. The van der Waals surface area contributed by atoms with Crippen LogP contribution in [0, 0.1) is 42.0 Å². The first-order valence-corrected chi connectivity index (χ1v) is 10.1. The molecule has 0 saturated carbocycles. The first-order chi connectivity index (χ1) is 17.9. The molecule has 0 aliphatic heterocycles. The number of benzene rings is 2. The predicted molar refractivity (Wildman–Crippen MR) is 115 cm³/mol. The van der Waals surface area contributed by atoms with E-state index in [1.54, 1.807) is 0 Å². The van der Waals surface area contributed by atoms with Crippen molar-refractivity contribution in [3.63, 3.8) is 0 Å². The van der Waals surface area contributed by atoms with Gasteiger partial charge >= 0.3 is 6.33 Å². The lowest BCUT2D eigenvalue weighted by atomic mass is 9.93. The van der Waals surface area contributed by atoms with E-state index in [0.717, 1.165) is 12.1 Å². The van der Waals surface area contributed by atoms with Gasteiger partial charge in [-0.2, -0.15) is 14.9 Å². The lowest BCUT2D eigenvalue weighted by Crippen LogP contribution is -2.49. The van der Waals surface area contributed by atoms with E-state index in [2.05, 4.69) is 20.2 Å². The summed E-state index contributed by atoms with van der Waals surface area (Å²) in [6.45, 7) is -0.0724. The molecule has 0 bridgehead atoms. The van der Waals surface area contributed by atoms with Crippen molar-refractivity contribution in [3.8, 4) is 5.75 Å². The monoisotopic (exact) mass is 535 g/mol. The van der Waals surface area contributed by atoms with Crippen molar-refractivity contribution in [2.24, 2.45) is 0 Å². The number of non-ortho nitro benzene ring substituents is 1. The normalized spacial score (nSPS) is 12.2. The Morgan fingerprint density at radius 3 is 2.16 bits per heavy atom. The van der Waals surface area contributed by atoms with E-state index in [9.17, 15) is 49.3 Å². The van der Waals surface area contributed by atoms with Gasteiger partial charge in [0.1, 0.15) is 30.8 Å². The summed E-state index contributed by atoms with van der Waals surface area (Å²) < 4.78 is 30.1. The molecule has 4 rings (SSSR count). The fourth-order valence-electron chi connectivity index (χ4n) is 3.25. The third-order valence-electron chi connectivity index (χ3n) is 4.90. The standard InChI is InChI=1S/C13H12F2N6O.C6H3N3O7/c14-10-1-2-11(12(15)3-10)13(22,4-20-8-16-6-18-20)5-21-9-17-7-19-21;10-6-4(8(13)14)1-3(7(11)12)2-5(6)9(15)16/h1-3,6-9,22H,4-5H2;1-2,10H. The van der Waals surface area contributed by atoms with Crippen LogP contribution in [-0.4, -0.2) is 44.7 Å². The van der Waals surface area contributed by atoms with Crippen LogP contribution in [0.3, 0.4) is 0 Å². The molecule has 2 aromatic heterocycles. The van der Waals surface area contributed by atoms with Crippen molar-refractivity contribution >= 4 is 17.1 Å². The van der Waals surface area contributed by atoms with Gasteiger partial charge in [0.2, 0.25) is 6.33 Å². The number of hydrogen-bond acceptors (Lipinski definition) is 11. The summed E-state index contributed by atoms with van der Waals surface area (Å²) >= 11 is 0. The van der Waals surface area contributed by atoms with Crippen LogP contribution in [0.1, 0.15) is 5.56 Å². The van der Waals surface area contributed by atoms with Crippen LogP contribution >= 0.6 is 0 Å². The number of halogens is 2. The molecular weight excluding hydrogens is 520 g/mol. The molecule has 0 aliphatic rings. The van der Waals surface area contributed by atoms with Crippen LogP contribution in [0.5, 0.6) is 5.75 Å². The number of nitro benzene ring substituents is 3. The van der Waals surface area contributed by atoms with E-state index in [1.807, 2.05) is 0 Å². The van der Waals surface area contributed by atoms with Gasteiger partial charge in [0.25, 0.3) is 17.1 Å². The second-order valence-corrected chi connectivity index (χ2v) is 7.48. The molecule has 2 heterocycles. The molecule has 0 unspecified atom stereocenters. The first kappa shape index (κ1) is 27.1. The summed E-state index contributed by atoms with van der Waals surface area (Å²) in [4.78, 5) is 35.2. The Hall–Kier alpha value is -5.46. The van der Waals surface area contributed by atoms with Gasteiger partial charge in [-0.05, 0) is 11.1 Å². The third-order valence-corrected chi connectivity index (χ3v) is 4.90. The molecular formula is C19H15F2N9O8. The Morgan fingerprint density at radius 1 is 1.03 bits per heavy atom. The summed E-state index contributed by atoms with van der Waals surface area (Å²) in [6.07, 6.45) is 5.60. The Labute approximate surface area is 208 Å². The molecule has 0 radical (unpaired) electrons. The minimum absolute atomic E-state index is 0.0184. The highest BCUT2D eigenvalue weighted by Gasteiger charge is 2.36. The molecule has 17 nitrogen and oxygen atoms in total. The van der Waals surface area contributed by atoms with Gasteiger partial charge in [0, 0.05) is 11.6 Å². The summed E-state index contributed by atoms with van der Waals surface area (Å²) in [5.41, 5.74) is -4.96. The maximum atomic E-state index is 14.1. The highest BCUT2D eigenvalue weighted by Crippen LogP contribution is 2.36. The summed E-state index contributed by atoms with van der Waals surface area (Å²) in [7, 11) is 0. The van der Waals surface area contributed by atoms with E-state index in [-0.39, 0.29) is 18.7 Å². The van der Waals surface area contributed by atoms with Gasteiger partial charge in [-0.15, -0.1) is 0 Å². The zero-order chi connectivity index (χ0) is 28.0. The number of aliphatic hydroxyl groups is 1. The third kappa shape index (κ3) is 6.20. The molecule has 0 saturated heterocycles. The van der Waals surface area contributed by atoms with Crippen molar-refractivity contribution in [3.05, 3.63) is 103 Å². The quantitative estimate of drug-likeness (QED) is 0.180. The average molecular weight is 535 g/mol. The highest BCUT2D eigenvalue weighted by molar-refractivity contribution is 5.64. The molecule has 2 aromatic carbocycles. The van der Waals surface area contributed by atoms with Crippen LogP contribution in [0.25, 0.3) is 0 Å². The summed E-state index contributed by atoms with van der Waals surface area (Å²) in [6, 6.07) is 3.82. The molecule has 0 fully saturated rings. The molecule has 38 heavy (non-hydrogen) atoms. The van der Waals surface area contributed by atoms with E-state index in [4.69, 9.17) is 0 Å². The zero-order valence-electron chi connectivity index (χ0n) is 18.7. The van der Waals surface area contributed by atoms with E-state index >= 15 is 0 Å². The second-order valence-electron chi connectivity index (χ2n) is 7.48. The maximum Gasteiger partial charge on any atom is 0.306 e. The Balaban J connectivity index is 0.000000223. The number of rotatable bonds is 8. The van der Waals surface area contributed by atoms with Gasteiger partial charge in [-0.1, -0.05) is 6.07 Å². The smallest absolute Gasteiger partial charge is 0.306 e. The van der Waals surface area contributed by atoms with E-state index in [0.29, 0.717) is 12.1 Å². The Bertz CT molecular complexity index is 1390. The van der Waals surface area contributed by atoms with Crippen LogP contribution in [0.2, 0.25) is 0 Å². The molecule has 19 heteroatoms. The number of aromatic nitrogens is 6. The van der Waals surface area contributed by atoms with Crippen molar-refractivity contribution in [1.82, 2.24) is 24.8 Å². The van der Waals surface area contributed by atoms with Crippen LogP contribution < -0.4 is 9.79 Å². The average Bonchev–Trinajstić information content (AvgIpc) is 3.53. The fraction of sp³-hybridized carbons (Fsp3) is 0.158. The molecule has 198 valence electrons. The topological polar surface area (TPSA) is 236 Å². The van der Waals surface area contributed by atoms with Gasteiger partial charge < -0.3 is 10.2 Å². The summed E-state index contributed by atoms with van der Waals surface area (Å²) in [5, 5.41) is 59.8. The van der Waals surface area contributed by atoms with Gasteiger partial charge in [-0.3, -0.25) is 30.3 Å². The van der Waals surface area contributed by atoms with Crippen molar-refractivity contribution in [2.75, 3.05) is 0 Å². The SMILES string of the molecule is O=[N+]([O-])c1cc([N+](=O)[O-])c([O-])c([N+](=O)[O-])c1.O[C@@](Cn1cncn1)(C[n+]1cnc[nH]1)c1ccc(F)cc1F. The number of nitrogens with zero attached hydrogens (tertiary/aromatic N) is 8. The first-order valence-electron chi connectivity index (χ1n) is 10.1. The minimum atomic E-state index is -1.66. The lowest BCUT2D eigenvalue weighted by molar-refractivity contribution is -0.764. The number of nitrogens with one attached hydrogen (secondary N) is 1. The lowest BCUT2D eigenvalue weighted by Gasteiger charge is -2.26. The predicted octanol–water partition coefficient (Wildman–Crippen LogP) is 0.640. The summed E-state index contributed by atoms with van der Waals surface area (Å²) in [5.74, 6) is -3.00. The molecule has 4 aromatic rings. The van der Waals surface area contributed by atoms with Gasteiger partial charge in [0.15, 0.2) is 5.60 Å². The van der Waals surface area contributed by atoms with Crippen LogP contribution in [0.15, 0.2) is 55.6 Å². The molecule has 2 N–H and O–H groups in total. The minimum Gasteiger partial charge on any atom is -0.863 e. The fourth-order valence-corrected chi connectivity index (χ4v) is 3.25. The molecule has 0 aliphatic carbocycles. The second kappa shape index (κ2) is 11.1. The highest BCUT2D eigenvalue weighted by atomic mass is 19.1. The number of H-pyrrole nitrogens is 1. The molecule has 1 atom stereocenters. The number of nitro groups is 3. The van der Waals surface area contributed by atoms with Crippen molar-refractivity contribution < 1.29 is 38.4 Å². The largest absolute Gasteiger partial charge is 0.863 e. The van der Waals surface area contributed by atoms with E-state index in [1.165, 1.54) is 40.7 Å². The van der Waals surface area contributed by atoms with Crippen molar-refractivity contribution in [2.45, 2.75) is 18.7 Å². The van der Waals surface area contributed by atoms with Crippen LogP contribution in [0.4, 0.5) is 25.8 Å².